The maximum Gasteiger partial charge on any atom is 0.151 e. The molecule has 0 bridgehead atoms. The van der Waals surface area contributed by atoms with Gasteiger partial charge in [0, 0.05) is 12.6 Å². The van der Waals surface area contributed by atoms with Gasteiger partial charge < -0.3 is 5.32 Å². The number of hydrogen-bond donors (Lipinski definition) is 1. The lowest BCUT2D eigenvalue weighted by Crippen LogP contribution is -2.30. The van der Waals surface area contributed by atoms with Crippen molar-refractivity contribution < 1.29 is 8.42 Å². The quantitative estimate of drug-likeness (QED) is 0.707. The van der Waals surface area contributed by atoms with Gasteiger partial charge in [-0.15, -0.1) is 0 Å². The number of sulfone groups is 1. The molecule has 14 heavy (non-hydrogen) atoms. The summed E-state index contributed by atoms with van der Waals surface area (Å²) >= 11 is 0. The molecule has 0 spiro atoms. The van der Waals surface area contributed by atoms with E-state index in [4.69, 9.17) is 0 Å². The summed E-state index contributed by atoms with van der Waals surface area (Å²) in [4.78, 5) is 0. The predicted molar refractivity (Wildman–Crippen MR) is 61.2 cm³/mol. The van der Waals surface area contributed by atoms with E-state index in [1.54, 1.807) is 0 Å². The Morgan fingerprint density at radius 1 is 1.21 bits per heavy atom. The van der Waals surface area contributed by atoms with E-state index in [2.05, 4.69) is 5.32 Å². The zero-order valence-corrected chi connectivity index (χ0v) is 10.5. The summed E-state index contributed by atoms with van der Waals surface area (Å²) in [6, 6.07) is 0.355. The predicted octanol–water partition coefficient (Wildman–Crippen LogP) is 1.45. The van der Waals surface area contributed by atoms with E-state index in [1.165, 1.54) is 0 Å². The molecule has 0 radical (unpaired) electrons. The molecule has 3 nitrogen and oxygen atoms in total. The molecular weight excluding hydrogens is 198 g/mol. The smallest absolute Gasteiger partial charge is 0.151 e. The van der Waals surface area contributed by atoms with Crippen molar-refractivity contribution in [2.24, 2.45) is 5.92 Å². The summed E-state index contributed by atoms with van der Waals surface area (Å²) in [6.07, 6.45) is 0.927. The molecule has 1 atom stereocenters. The molecule has 1 N–H and O–H groups in total. The second-order valence-corrected chi connectivity index (χ2v) is 6.47. The van der Waals surface area contributed by atoms with Crippen LogP contribution in [-0.2, 0) is 9.84 Å². The van der Waals surface area contributed by atoms with Crippen molar-refractivity contribution in [3.63, 3.8) is 0 Å². The first kappa shape index (κ1) is 13.9. The van der Waals surface area contributed by atoms with Crippen molar-refractivity contribution in [2.45, 2.75) is 40.2 Å². The number of rotatable bonds is 7. The largest absolute Gasteiger partial charge is 0.314 e. The van der Waals surface area contributed by atoms with Crippen molar-refractivity contribution >= 4 is 9.84 Å². The second-order valence-electron chi connectivity index (χ2n) is 4.24. The fourth-order valence-corrected chi connectivity index (χ4v) is 2.84. The fourth-order valence-electron chi connectivity index (χ4n) is 1.14. The topological polar surface area (TPSA) is 46.2 Å². The number of nitrogens with one attached hydrogen (secondary N) is 1. The Morgan fingerprint density at radius 3 is 2.21 bits per heavy atom. The maximum atomic E-state index is 11.5. The molecular formula is C10H23NO2S. The molecule has 0 aromatic rings. The summed E-state index contributed by atoms with van der Waals surface area (Å²) in [5, 5.41) is 3.11. The van der Waals surface area contributed by atoms with Gasteiger partial charge >= 0.3 is 0 Å². The van der Waals surface area contributed by atoms with Gasteiger partial charge in [0.15, 0.2) is 9.84 Å². The van der Waals surface area contributed by atoms with Crippen LogP contribution in [0.1, 0.15) is 34.1 Å². The lowest BCUT2D eigenvalue weighted by atomic mass is 10.2. The second kappa shape index (κ2) is 6.40. The molecule has 0 saturated heterocycles. The SMILES string of the molecule is CCC(C)CS(=O)(=O)CCNC(C)C. The van der Waals surface area contributed by atoms with Crippen molar-refractivity contribution in [3.05, 3.63) is 0 Å². The van der Waals surface area contributed by atoms with Crippen LogP contribution in [0.5, 0.6) is 0 Å². The molecule has 0 aliphatic rings. The van der Waals surface area contributed by atoms with E-state index >= 15 is 0 Å². The van der Waals surface area contributed by atoms with Gasteiger partial charge in [0.25, 0.3) is 0 Å². The van der Waals surface area contributed by atoms with Gasteiger partial charge in [0.1, 0.15) is 0 Å². The van der Waals surface area contributed by atoms with E-state index < -0.39 is 9.84 Å². The summed E-state index contributed by atoms with van der Waals surface area (Å²) in [6.45, 7) is 8.60. The summed E-state index contributed by atoms with van der Waals surface area (Å²) in [7, 11) is -2.85. The average molecular weight is 221 g/mol. The van der Waals surface area contributed by atoms with E-state index in [0.29, 0.717) is 18.3 Å². The standard InChI is InChI=1S/C10H23NO2S/c1-5-10(4)8-14(12,13)7-6-11-9(2)3/h9-11H,5-8H2,1-4H3. The van der Waals surface area contributed by atoms with E-state index in [-0.39, 0.29) is 11.7 Å². The van der Waals surface area contributed by atoms with Gasteiger partial charge in [0.05, 0.1) is 11.5 Å². The first-order valence-electron chi connectivity index (χ1n) is 5.31. The fraction of sp³-hybridized carbons (Fsp3) is 1.00. The molecule has 86 valence electrons. The summed E-state index contributed by atoms with van der Waals surface area (Å²) in [5.74, 6) is 0.859. The first-order chi connectivity index (χ1) is 6.37. The van der Waals surface area contributed by atoms with Crippen LogP contribution in [-0.4, -0.2) is 32.5 Å². The van der Waals surface area contributed by atoms with Gasteiger partial charge in [-0.05, 0) is 5.92 Å². The van der Waals surface area contributed by atoms with Gasteiger partial charge in [-0.2, -0.15) is 0 Å². The minimum Gasteiger partial charge on any atom is -0.314 e. The third-order valence-electron chi connectivity index (χ3n) is 2.20. The number of hydrogen-bond acceptors (Lipinski definition) is 3. The Kier molecular flexibility index (Phi) is 6.36. The molecule has 0 saturated carbocycles. The highest BCUT2D eigenvalue weighted by Crippen LogP contribution is 2.05. The Morgan fingerprint density at radius 2 is 1.79 bits per heavy atom. The monoisotopic (exact) mass is 221 g/mol. The lowest BCUT2D eigenvalue weighted by molar-refractivity contribution is 0.555. The van der Waals surface area contributed by atoms with Crippen LogP contribution in [0.2, 0.25) is 0 Å². The zero-order chi connectivity index (χ0) is 11.2. The Bertz CT molecular complexity index is 235. The molecule has 1 unspecified atom stereocenters. The zero-order valence-electron chi connectivity index (χ0n) is 9.71. The van der Waals surface area contributed by atoms with Crippen molar-refractivity contribution in [2.75, 3.05) is 18.1 Å². The molecule has 0 aromatic carbocycles. The molecule has 0 aliphatic heterocycles. The Hall–Kier alpha value is -0.0900. The highest BCUT2D eigenvalue weighted by Gasteiger charge is 2.14. The van der Waals surface area contributed by atoms with Crippen LogP contribution in [0.3, 0.4) is 0 Å². The maximum absolute atomic E-state index is 11.5. The van der Waals surface area contributed by atoms with Gasteiger partial charge in [0.2, 0.25) is 0 Å². The molecule has 0 amide bonds. The van der Waals surface area contributed by atoms with Crippen LogP contribution in [0.4, 0.5) is 0 Å². The highest BCUT2D eigenvalue weighted by molar-refractivity contribution is 7.91. The van der Waals surface area contributed by atoms with E-state index in [9.17, 15) is 8.42 Å². The minimum absolute atomic E-state index is 0.259. The molecule has 0 heterocycles. The van der Waals surface area contributed by atoms with Gasteiger partial charge in [-0.25, -0.2) is 8.42 Å². The molecule has 0 fully saturated rings. The molecule has 0 rings (SSSR count). The molecule has 0 aliphatic carbocycles. The highest BCUT2D eigenvalue weighted by atomic mass is 32.2. The summed E-state index contributed by atoms with van der Waals surface area (Å²) < 4.78 is 23.1. The first-order valence-corrected chi connectivity index (χ1v) is 7.13. The van der Waals surface area contributed by atoms with E-state index in [0.717, 1.165) is 6.42 Å². The van der Waals surface area contributed by atoms with Crippen LogP contribution < -0.4 is 5.32 Å². The van der Waals surface area contributed by atoms with Gasteiger partial charge in [-0.3, -0.25) is 0 Å². The van der Waals surface area contributed by atoms with Crippen LogP contribution in [0, 0.1) is 5.92 Å². The third kappa shape index (κ3) is 7.33. The molecule has 0 aromatic heterocycles. The Balaban J connectivity index is 3.84. The Labute approximate surface area is 88.2 Å². The van der Waals surface area contributed by atoms with Crippen LogP contribution >= 0.6 is 0 Å². The average Bonchev–Trinajstić information content (AvgIpc) is 2.02. The summed E-state index contributed by atoms with van der Waals surface area (Å²) in [5.41, 5.74) is 0. The van der Waals surface area contributed by atoms with Crippen molar-refractivity contribution in [1.82, 2.24) is 5.32 Å². The van der Waals surface area contributed by atoms with Crippen molar-refractivity contribution in [3.8, 4) is 0 Å². The third-order valence-corrected chi connectivity index (χ3v) is 4.10. The molecule has 4 heteroatoms. The minimum atomic E-state index is -2.85. The normalized spacial score (nSPS) is 14.6. The van der Waals surface area contributed by atoms with E-state index in [1.807, 2.05) is 27.7 Å². The van der Waals surface area contributed by atoms with Crippen molar-refractivity contribution in [1.29, 1.82) is 0 Å². The van der Waals surface area contributed by atoms with Gasteiger partial charge in [-0.1, -0.05) is 34.1 Å². The van der Waals surface area contributed by atoms with Crippen LogP contribution in [0.25, 0.3) is 0 Å². The lowest BCUT2D eigenvalue weighted by Gasteiger charge is -2.11. The van der Waals surface area contributed by atoms with Crippen LogP contribution in [0.15, 0.2) is 0 Å².